The van der Waals surface area contributed by atoms with Crippen molar-refractivity contribution in [1.82, 2.24) is 0 Å². The van der Waals surface area contributed by atoms with Crippen LogP contribution in [0.4, 0.5) is 11.4 Å². The lowest BCUT2D eigenvalue weighted by molar-refractivity contribution is -0.308. The molecule has 1 aromatic carbocycles. The number of anilines is 2. The maximum atomic E-state index is 11.1. The second kappa shape index (κ2) is 3.66. The minimum absolute atomic E-state index is 0.686. The number of para-hydroxylation sites is 2. The largest absolute Gasteiger partial charge is 0.549 e. The molecule has 4 heteroatoms. The van der Waals surface area contributed by atoms with Gasteiger partial charge in [0.1, 0.15) is 0 Å². The highest BCUT2D eigenvalue weighted by Gasteiger charge is 2.24. The molecule has 1 aliphatic heterocycles. The van der Waals surface area contributed by atoms with E-state index in [2.05, 4.69) is 10.6 Å². The summed E-state index contributed by atoms with van der Waals surface area (Å²) in [4.78, 5) is 11.1. The lowest BCUT2D eigenvalue weighted by atomic mass is 9.94. The Kier molecular flexibility index (Phi) is 2.14. The number of rotatable bonds is 1. The fourth-order valence-corrected chi connectivity index (χ4v) is 2.19. The third-order valence-electron chi connectivity index (χ3n) is 3.02. The lowest BCUT2D eigenvalue weighted by Gasteiger charge is -2.32. The molecule has 2 N–H and O–H groups in total. The van der Waals surface area contributed by atoms with Crippen molar-refractivity contribution in [3.05, 3.63) is 47.8 Å². The molecule has 0 saturated carbocycles. The van der Waals surface area contributed by atoms with Crippen molar-refractivity contribution < 1.29 is 9.90 Å². The van der Waals surface area contributed by atoms with Gasteiger partial charge in [-0.2, -0.15) is 0 Å². The summed E-state index contributed by atoms with van der Waals surface area (Å²) in [5, 5.41) is 17.5. The monoisotopic (exact) mass is 227 g/mol. The van der Waals surface area contributed by atoms with Crippen LogP contribution < -0.4 is 15.7 Å². The van der Waals surface area contributed by atoms with E-state index in [4.69, 9.17) is 0 Å². The van der Waals surface area contributed by atoms with Crippen molar-refractivity contribution >= 4 is 17.3 Å². The van der Waals surface area contributed by atoms with Gasteiger partial charge in [-0.3, -0.25) is 0 Å². The summed E-state index contributed by atoms with van der Waals surface area (Å²) >= 11 is 0. The number of carbonyl (C=O) groups excluding carboxylic acids is 1. The highest BCUT2D eigenvalue weighted by Crippen LogP contribution is 2.35. The fraction of sp³-hybridized carbons (Fsp3) is 0.154. The maximum Gasteiger partial charge on any atom is 0.0621 e. The van der Waals surface area contributed by atoms with Crippen molar-refractivity contribution in [2.24, 2.45) is 5.92 Å². The van der Waals surface area contributed by atoms with Crippen LogP contribution in [0.3, 0.4) is 0 Å². The zero-order valence-electron chi connectivity index (χ0n) is 9.07. The van der Waals surface area contributed by atoms with Crippen LogP contribution in [0.2, 0.25) is 0 Å². The van der Waals surface area contributed by atoms with Crippen molar-refractivity contribution in [2.75, 3.05) is 10.6 Å². The fourth-order valence-electron chi connectivity index (χ4n) is 2.19. The number of fused-ring (bicyclic) bond motifs is 1. The number of carbonyl (C=O) groups is 1. The highest BCUT2D eigenvalue weighted by molar-refractivity contribution is 5.82. The molecule has 1 aromatic rings. The normalized spacial score (nSPS) is 21.1. The number of hydrogen-bond donors (Lipinski definition) is 2. The summed E-state index contributed by atoms with van der Waals surface area (Å²) in [6.45, 7) is 0. The molecule has 1 heterocycles. The van der Waals surface area contributed by atoms with Crippen molar-refractivity contribution in [3.8, 4) is 0 Å². The Morgan fingerprint density at radius 3 is 2.65 bits per heavy atom. The van der Waals surface area contributed by atoms with Crippen LogP contribution in [0.25, 0.3) is 0 Å². The van der Waals surface area contributed by atoms with Crippen molar-refractivity contribution in [1.29, 1.82) is 0 Å². The number of hydrogen-bond acceptors (Lipinski definition) is 4. The third kappa shape index (κ3) is 1.58. The first kappa shape index (κ1) is 9.96. The van der Waals surface area contributed by atoms with E-state index in [1.807, 2.05) is 30.3 Å². The van der Waals surface area contributed by atoms with Crippen molar-refractivity contribution in [3.63, 3.8) is 0 Å². The van der Waals surface area contributed by atoms with E-state index >= 15 is 0 Å². The lowest BCUT2D eigenvalue weighted by Crippen LogP contribution is -2.36. The van der Waals surface area contributed by atoms with Crippen LogP contribution in [0, 0.1) is 5.92 Å². The van der Waals surface area contributed by atoms with Gasteiger partial charge in [0.05, 0.1) is 23.3 Å². The van der Waals surface area contributed by atoms with Gasteiger partial charge in [-0.25, -0.2) is 0 Å². The van der Waals surface area contributed by atoms with E-state index in [1.165, 1.54) is 0 Å². The third-order valence-corrected chi connectivity index (χ3v) is 3.02. The predicted octanol–water partition coefficient (Wildman–Crippen LogP) is 1.06. The average Bonchev–Trinajstić information content (AvgIpc) is 2.35. The molecule has 0 radical (unpaired) electrons. The topological polar surface area (TPSA) is 64.2 Å². The molecule has 0 saturated heterocycles. The zero-order valence-corrected chi connectivity index (χ0v) is 9.07. The van der Waals surface area contributed by atoms with E-state index < -0.39 is 11.9 Å². The van der Waals surface area contributed by atoms with Gasteiger partial charge in [0.15, 0.2) is 0 Å². The molecule has 4 nitrogen and oxygen atoms in total. The van der Waals surface area contributed by atoms with Gasteiger partial charge < -0.3 is 20.5 Å². The number of aliphatic carboxylic acids is 1. The number of carboxylic acids is 1. The van der Waals surface area contributed by atoms with Crippen LogP contribution in [0.5, 0.6) is 0 Å². The molecule has 2 aliphatic rings. The average molecular weight is 227 g/mol. The summed E-state index contributed by atoms with van der Waals surface area (Å²) < 4.78 is 0. The molecule has 3 rings (SSSR count). The predicted molar refractivity (Wildman–Crippen MR) is 63.0 cm³/mol. The number of benzene rings is 1. The molecule has 1 atom stereocenters. The summed E-state index contributed by atoms with van der Waals surface area (Å²) in [7, 11) is 0. The zero-order chi connectivity index (χ0) is 11.8. The molecule has 17 heavy (non-hydrogen) atoms. The van der Waals surface area contributed by atoms with Gasteiger partial charge in [0.25, 0.3) is 0 Å². The number of carboxylic acid groups (broad SMARTS) is 1. The highest BCUT2D eigenvalue weighted by atomic mass is 16.4. The molecule has 0 aromatic heterocycles. The number of allylic oxidation sites excluding steroid dienone is 1. The Balaban J connectivity index is 2.01. The maximum absolute atomic E-state index is 11.1. The van der Waals surface area contributed by atoms with E-state index in [0.29, 0.717) is 12.1 Å². The SMILES string of the molecule is O=C([O-])[C@@H]1C=CCC2=C1Nc1ccccc1N2. The minimum Gasteiger partial charge on any atom is -0.549 e. The Morgan fingerprint density at radius 1 is 1.24 bits per heavy atom. The minimum atomic E-state index is -1.08. The molecular weight excluding hydrogens is 216 g/mol. The standard InChI is InChI=1S/C13H12N2O2/c16-13(17)8-4-3-7-11-12(8)15-10-6-2-1-5-9(10)14-11/h1-6,8,14-15H,7H2,(H,16,17)/p-1/t8-/m1/s1. The number of nitrogens with one attached hydrogen (secondary N) is 2. The quantitative estimate of drug-likeness (QED) is 0.704. The second-order valence-corrected chi connectivity index (χ2v) is 4.12. The van der Waals surface area contributed by atoms with E-state index in [0.717, 1.165) is 17.1 Å². The van der Waals surface area contributed by atoms with Crippen LogP contribution >= 0.6 is 0 Å². The second-order valence-electron chi connectivity index (χ2n) is 4.12. The Morgan fingerprint density at radius 2 is 1.94 bits per heavy atom. The first-order valence-electron chi connectivity index (χ1n) is 5.49. The first-order chi connectivity index (χ1) is 8.25. The van der Waals surface area contributed by atoms with E-state index in [9.17, 15) is 9.90 Å². The van der Waals surface area contributed by atoms with Crippen LogP contribution in [0.1, 0.15) is 6.42 Å². The smallest absolute Gasteiger partial charge is 0.0621 e. The van der Waals surface area contributed by atoms with Gasteiger partial charge in [-0.05, 0) is 12.1 Å². The first-order valence-corrected chi connectivity index (χ1v) is 5.49. The van der Waals surface area contributed by atoms with Crippen molar-refractivity contribution in [2.45, 2.75) is 6.42 Å². The molecule has 0 amide bonds. The molecule has 86 valence electrons. The Hall–Kier alpha value is -2.23. The van der Waals surface area contributed by atoms with Crippen LogP contribution in [-0.2, 0) is 4.79 Å². The van der Waals surface area contributed by atoms with E-state index in [-0.39, 0.29) is 0 Å². The van der Waals surface area contributed by atoms with Crippen LogP contribution in [-0.4, -0.2) is 5.97 Å². The van der Waals surface area contributed by atoms with Crippen LogP contribution in [0.15, 0.2) is 47.8 Å². The summed E-state index contributed by atoms with van der Waals surface area (Å²) in [6.07, 6.45) is 4.22. The molecule has 0 unspecified atom stereocenters. The molecular formula is C13H11N2O2-. The molecule has 1 aliphatic carbocycles. The molecule has 0 spiro atoms. The van der Waals surface area contributed by atoms with Gasteiger partial charge >= 0.3 is 0 Å². The summed E-state index contributed by atoms with van der Waals surface area (Å²) in [6, 6.07) is 7.72. The molecule has 0 fully saturated rings. The van der Waals surface area contributed by atoms with Gasteiger partial charge in [0.2, 0.25) is 0 Å². The Bertz CT molecular complexity index is 546. The Labute approximate surface area is 98.7 Å². The van der Waals surface area contributed by atoms with Gasteiger partial charge in [0, 0.05) is 17.8 Å². The summed E-state index contributed by atoms with van der Waals surface area (Å²) in [5.41, 5.74) is 3.46. The van der Waals surface area contributed by atoms with E-state index in [1.54, 1.807) is 6.08 Å². The van der Waals surface area contributed by atoms with Gasteiger partial charge in [-0.1, -0.05) is 24.3 Å². The summed E-state index contributed by atoms with van der Waals surface area (Å²) in [5.74, 6) is -1.78. The van der Waals surface area contributed by atoms with Gasteiger partial charge in [-0.15, -0.1) is 0 Å². The molecule has 0 bridgehead atoms.